The molecule has 1 fully saturated rings. The van der Waals surface area contributed by atoms with Crippen LogP contribution in [0.25, 0.3) is 0 Å². The van der Waals surface area contributed by atoms with Crippen molar-refractivity contribution in [2.45, 2.75) is 37.9 Å². The highest BCUT2D eigenvalue weighted by atomic mass is 16.5. The van der Waals surface area contributed by atoms with Crippen molar-refractivity contribution in [3.05, 3.63) is 48.0 Å². The van der Waals surface area contributed by atoms with Gasteiger partial charge in [-0.2, -0.15) is 0 Å². The van der Waals surface area contributed by atoms with Crippen molar-refractivity contribution in [1.29, 1.82) is 0 Å². The Balaban J connectivity index is 1.84. The van der Waals surface area contributed by atoms with Gasteiger partial charge < -0.3 is 14.9 Å². The maximum Gasteiger partial charge on any atom is 0.338 e. The van der Waals surface area contributed by atoms with Gasteiger partial charge in [0.2, 0.25) is 0 Å². The van der Waals surface area contributed by atoms with Crippen LogP contribution >= 0.6 is 0 Å². The minimum absolute atomic E-state index is 0.0730. The summed E-state index contributed by atoms with van der Waals surface area (Å²) < 4.78 is 5.25. The summed E-state index contributed by atoms with van der Waals surface area (Å²) in [5.74, 6) is -0.302. The number of esters is 1. The molecule has 3 unspecified atom stereocenters. The maximum absolute atomic E-state index is 11.8. The quantitative estimate of drug-likeness (QED) is 0.659. The van der Waals surface area contributed by atoms with Gasteiger partial charge in [-0.3, -0.25) is 0 Å². The van der Waals surface area contributed by atoms with Gasteiger partial charge in [-0.05, 0) is 49.8 Å². The fourth-order valence-corrected chi connectivity index (χ4v) is 2.58. The zero-order valence-corrected chi connectivity index (χ0v) is 12.3. The van der Waals surface area contributed by atoms with Crippen LogP contribution in [0.4, 0.5) is 0 Å². The van der Waals surface area contributed by atoms with E-state index in [1.54, 1.807) is 31.2 Å². The molecule has 1 saturated carbocycles. The Bertz CT molecular complexity index is 507. The molecule has 0 aromatic heterocycles. The maximum atomic E-state index is 11.8. The summed E-state index contributed by atoms with van der Waals surface area (Å²) in [4.78, 5) is 11.8. The number of benzene rings is 1. The Morgan fingerprint density at radius 1 is 1.43 bits per heavy atom. The predicted molar refractivity (Wildman–Crippen MR) is 79.8 cm³/mol. The molecular weight excluding hydrogens is 268 g/mol. The van der Waals surface area contributed by atoms with Gasteiger partial charge in [0.25, 0.3) is 0 Å². The van der Waals surface area contributed by atoms with Crippen LogP contribution in [-0.4, -0.2) is 34.5 Å². The van der Waals surface area contributed by atoms with E-state index in [1.165, 1.54) is 0 Å². The van der Waals surface area contributed by atoms with Gasteiger partial charge in [0.1, 0.15) is 6.61 Å². The molecule has 4 nitrogen and oxygen atoms in total. The zero-order chi connectivity index (χ0) is 15.5. The van der Waals surface area contributed by atoms with Gasteiger partial charge in [0.05, 0.1) is 17.3 Å². The van der Waals surface area contributed by atoms with Crippen LogP contribution < -0.4 is 0 Å². The number of hydrogen-bond donors (Lipinski definition) is 2. The molecule has 3 atom stereocenters. The van der Waals surface area contributed by atoms with E-state index in [2.05, 4.69) is 6.58 Å². The Labute approximate surface area is 125 Å². The number of hydrogen-bond acceptors (Lipinski definition) is 4. The molecule has 1 aromatic carbocycles. The largest absolute Gasteiger partial charge is 0.458 e. The summed E-state index contributed by atoms with van der Waals surface area (Å²) >= 11 is 0. The van der Waals surface area contributed by atoms with Gasteiger partial charge in [-0.15, -0.1) is 0 Å². The molecule has 2 N–H and O–H groups in total. The summed E-state index contributed by atoms with van der Waals surface area (Å²) in [6.07, 6.45) is 0.947. The standard InChI is InChI=1S/C17H22O4/c1-12(14-8-9-17(2,20)15(18)10-14)11-21-16(19)13-6-4-3-5-7-13/h3-7,14-15,18,20H,1,8-11H2,2H3. The second-order valence-corrected chi connectivity index (χ2v) is 5.94. The summed E-state index contributed by atoms with van der Waals surface area (Å²) in [5.41, 5.74) is 0.267. The predicted octanol–water partition coefficient (Wildman–Crippen LogP) is 2.31. The highest BCUT2D eigenvalue weighted by molar-refractivity contribution is 5.89. The van der Waals surface area contributed by atoms with Crippen LogP contribution in [0.5, 0.6) is 0 Å². The van der Waals surface area contributed by atoms with Gasteiger partial charge >= 0.3 is 5.97 Å². The molecule has 1 aliphatic carbocycles. The van der Waals surface area contributed by atoms with Gasteiger partial charge in [-0.1, -0.05) is 24.8 Å². The Hall–Kier alpha value is -1.65. The van der Waals surface area contributed by atoms with Crippen LogP contribution in [0.15, 0.2) is 42.5 Å². The van der Waals surface area contributed by atoms with E-state index >= 15 is 0 Å². The average Bonchev–Trinajstić information content (AvgIpc) is 2.48. The molecule has 4 heteroatoms. The van der Waals surface area contributed by atoms with Crippen molar-refractivity contribution in [3.8, 4) is 0 Å². The number of ether oxygens (including phenoxy) is 1. The van der Waals surface area contributed by atoms with Crippen molar-refractivity contribution in [2.24, 2.45) is 5.92 Å². The molecule has 0 saturated heterocycles. The van der Waals surface area contributed by atoms with Crippen molar-refractivity contribution in [2.75, 3.05) is 6.61 Å². The Morgan fingerprint density at radius 3 is 2.71 bits per heavy atom. The SMILES string of the molecule is C=C(COC(=O)c1ccccc1)C1CCC(C)(O)C(O)C1. The van der Waals surface area contributed by atoms with E-state index in [0.717, 1.165) is 12.0 Å². The lowest BCUT2D eigenvalue weighted by molar-refractivity contribution is -0.0959. The van der Waals surface area contributed by atoms with Crippen LogP contribution in [-0.2, 0) is 4.74 Å². The normalized spacial score (nSPS) is 28.9. The first-order valence-corrected chi connectivity index (χ1v) is 7.20. The van der Waals surface area contributed by atoms with E-state index in [0.29, 0.717) is 18.4 Å². The van der Waals surface area contributed by atoms with Crippen molar-refractivity contribution >= 4 is 5.97 Å². The molecule has 1 aliphatic rings. The van der Waals surface area contributed by atoms with Gasteiger partial charge in [0.15, 0.2) is 0 Å². The van der Waals surface area contributed by atoms with E-state index in [1.807, 2.05) is 6.07 Å². The smallest absolute Gasteiger partial charge is 0.338 e. The van der Waals surface area contributed by atoms with E-state index in [9.17, 15) is 15.0 Å². The van der Waals surface area contributed by atoms with Crippen LogP contribution in [0.1, 0.15) is 36.5 Å². The van der Waals surface area contributed by atoms with Crippen molar-refractivity contribution in [3.63, 3.8) is 0 Å². The van der Waals surface area contributed by atoms with Gasteiger partial charge in [0, 0.05) is 0 Å². The first-order valence-electron chi connectivity index (χ1n) is 7.20. The lowest BCUT2D eigenvalue weighted by Crippen LogP contribution is -2.44. The third-order valence-electron chi connectivity index (χ3n) is 4.20. The van der Waals surface area contributed by atoms with Crippen LogP contribution in [0.3, 0.4) is 0 Å². The van der Waals surface area contributed by atoms with Crippen molar-refractivity contribution in [1.82, 2.24) is 0 Å². The molecule has 114 valence electrons. The second kappa shape index (κ2) is 6.41. The number of carbonyl (C=O) groups is 1. The zero-order valence-electron chi connectivity index (χ0n) is 12.3. The molecule has 2 rings (SSSR count). The highest BCUT2D eigenvalue weighted by Crippen LogP contribution is 2.35. The first-order chi connectivity index (χ1) is 9.90. The number of rotatable bonds is 4. The van der Waals surface area contributed by atoms with Crippen LogP contribution in [0, 0.1) is 5.92 Å². The minimum Gasteiger partial charge on any atom is -0.458 e. The highest BCUT2D eigenvalue weighted by Gasteiger charge is 2.37. The van der Waals surface area contributed by atoms with E-state index < -0.39 is 11.7 Å². The third-order valence-corrected chi connectivity index (χ3v) is 4.20. The molecule has 0 amide bonds. The fraction of sp³-hybridized carbons (Fsp3) is 0.471. The fourth-order valence-electron chi connectivity index (χ4n) is 2.58. The van der Waals surface area contributed by atoms with Crippen LogP contribution in [0.2, 0.25) is 0 Å². The minimum atomic E-state index is -1.03. The molecule has 0 bridgehead atoms. The Morgan fingerprint density at radius 2 is 2.10 bits per heavy atom. The first kappa shape index (κ1) is 15.7. The lowest BCUT2D eigenvalue weighted by atomic mass is 9.75. The molecule has 0 heterocycles. The number of aliphatic hydroxyl groups excluding tert-OH is 1. The number of carbonyl (C=O) groups excluding carboxylic acids is 1. The molecular formula is C17H22O4. The molecule has 0 spiro atoms. The molecule has 0 aliphatic heterocycles. The molecule has 1 aromatic rings. The number of aliphatic hydroxyl groups is 2. The topological polar surface area (TPSA) is 66.8 Å². The van der Waals surface area contributed by atoms with E-state index in [4.69, 9.17) is 4.74 Å². The summed E-state index contributed by atoms with van der Waals surface area (Å²) in [5, 5.41) is 19.9. The molecule has 0 radical (unpaired) electrons. The lowest BCUT2D eigenvalue weighted by Gasteiger charge is -2.38. The average molecular weight is 290 g/mol. The summed E-state index contributed by atoms with van der Waals surface area (Å²) in [6, 6.07) is 8.81. The third kappa shape index (κ3) is 3.93. The second-order valence-electron chi connectivity index (χ2n) is 5.94. The van der Waals surface area contributed by atoms with Gasteiger partial charge in [-0.25, -0.2) is 4.79 Å². The van der Waals surface area contributed by atoms with E-state index in [-0.39, 0.29) is 18.5 Å². The summed E-state index contributed by atoms with van der Waals surface area (Å²) in [6.45, 7) is 5.75. The molecule has 21 heavy (non-hydrogen) atoms. The summed E-state index contributed by atoms with van der Waals surface area (Å²) in [7, 11) is 0. The monoisotopic (exact) mass is 290 g/mol. The van der Waals surface area contributed by atoms with Crippen molar-refractivity contribution < 1.29 is 19.7 Å². The Kier molecular flexibility index (Phi) is 4.80.